The van der Waals surface area contributed by atoms with Crippen molar-refractivity contribution < 1.29 is 4.79 Å². The summed E-state index contributed by atoms with van der Waals surface area (Å²) in [4.78, 5) is 15.2. The normalized spacial score (nSPS) is 10.6. The number of carbonyl (C=O) groups is 1. The van der Waals surface area contributed by atoms with Crippen LogP contribution in [0.3, 0.4) is 0 Å². The van der Waals surface area contributed by atoms with Crippen molar-refractivity contribution in [3.63, 3.8) is 0 Å². The zero-order chi connectivity index (χ0) is 14.1. The molecule has 0 unspecified atom stereocenters. The van der Waals surface area contributed by atoms with Gasteiger partial charge in [-0.3, -0.25) is 4.79 Å². The Balaban J connectivity index is 1.92. The van der Waals surface area contributed by atoms with Gasteiger partial charge in [-0.25, -0.2) is 4.98 Å². The molecular formula is C14H12N4OS. The molecule has 3 aromatic rings. The van der Waals surface area contributed by atoms with E-state index in [4.69, 9.17) is 11.5 Å². The lowest BCUT2D eigenvalue weighted by atomic mass is 10.1. The van der Waals surface area contributed by atoms with Gasteiger partial charge in [-0.05, 0) is 22.9 Å². The fourth-order valence-electron chi connectivity index (χ4n) is 1.95. The van der Waals surface area contributed by atoms with E-state index < -0.39 is 5.91 Å². The van der Waals surface area contributed by atoms with Crippen molar-refractivity contribution in [1.29, 1.82) is 0 Å². The third kappa shape index (κ3) is 2.28. The Labute approximate surface area is 119 Å². The van der Waals surface area contributed by atoms with Gasteiger partial charge in [0.25, 0.3) is 5.91 Å². The van der Waals surface area contributed by atoms with Crippen molar-refractivity contribution in [2.24, 2.45) is 5.73 Å². The third-order valence-corrected chi connectivity index (χ3v) is 3.69. The average Bonchev–Trinajstić information content (AvgIpc) is 2.79. The van der Waals surface area contributed by atoms with Crippen LogP contribution in [0.1, 0.15) is 10.5 Å². The summed E-state index contributed by atoms with van der Waals surface area (Å²) in [6.45, 7) is 0. The van der Waals surface area contributed by atoms with E-state index in [1.165, 1.54) is 11.3 Å². The minimum atomic E-state index is -0.620. The van der Waals surface area contributed by atoms with E-state index >= 15 is 0 Å². The molecule has 0 bridgehead atoms. The fourth-order valence-corrected chi connectivity index (χ4v) is 2.71. The first kappa shape index (κ1) is 12.4. The molecule has 0 aliphatic carbocycles. The first-order valence-corrected chi connectivity index (χ1v) is 6.77. The van der Waals surface area contributed by atoms with Crippen molar-refractivity contribution in [1.82, 2.24) is 4.98 Å². The highest BCUT2D eigenvalue weighted by molar-refractivity contribution is 7.19. The predicted molar refractivity (Wildman–Crippen MR) is 82.3 cm³/mol. The fraction of sp³-hybridized carbons (Fsp3) is 0. The van der Waals surface area contributed by atoms with Crippen LogP contribution in [0.5, 0.6) is 0 Å². The standard InChI is InChI=1S/C14H12N4OS/c15-12(19)11-13(16)20-14(18-11)17-10-6-5-8-3-1-2-4-9(8)7-10/h1-7H,16H2,(H2,15,19)(H,17,18). The summed E-state index contributed by atoms with van der Waals surface area (Å²) < 4.78 is 0. The first-order chi connectivity index (χ1) is 9.63. The molecule has 100 valence electrons. The van der Waals surface area contributed by atoms with Crippen LogP contribution < -0.4 is 16.8 Å². The number of hydrogen-bond donors (Lipinski definition) is 3. The number of nitrogen functional groups attached to an aromatic ring is 1. The highest BCUT2D eigenvalue weighted by Crippen LogP contribution is 2.29. The number of benzene rings is 2. The van der Waals surface area contributed by atoms with Crippen LogP contribution in [0, 0.1) is 0 Å². The van der Waals surface area contributed by atoms with E-state index in [2.05, 4.69) is 10.3 Å². The molecule has 0 aliphatic rings. The summed E-state index contributed by atoms with van der Waals surface area (Å²) in [5.74, 6) is -0.620. The summed E-state index contributed by atoms with van der Waals surface area (Å²) in [5.41, 5.74) is 11.9. The van der Waals surface area contributed by atoms with Crippen LogP contribution in [0.25, 0.3) is 10.8 Å². The molecule has 1 aromatic heterocycles. The second-order valence-electron chi connectivity index (χ2n) is 4.28. The Morgan fingerprint density at radius 3 is 2.60 bits per heavy atom. The SMILES string of the molecule is NC(=O)c1nc(Nc2ccc3ccccc3c2)sc1N. The smallest absolute Gasteiger partial charge is 0.270 e. The van der Waals surface area contributed by atoms with Crippen molar-refractivity contribution >= 4 is 43.8 Å². The molecule has 0 spiro atoms. The van der Waals surface area contributed by atoms with Crippen LogP contribution >= 0.6 is 11.3 Å². The van der Waals surface area contributed by atoms with Gasteiger partial charge in [0, 0.05) is 5.69 Å². The van der Waals surface area contributed by atoms with Gasteiger partial charge < -0.3 is 16.8 Å². The molecule has 6 heteroatoms. The van der Waals surface area contributed by atoms with E-state index in [0.29, 0.717) is 10.1 Å². The number of amides is 1. The molecule has 0 aliphatic heterocycles. The second-order valence-corrected chi connectivity index (χ2v) is 5.31. The Kier molecular flexibility index (Phi) is 3.00. The molecule has 1 amide bonds. The molecule has 3 rings (SSSR count). The summed E-state index contributed by atoms with van der Waals surface area (Å²) in [7, 11) is 0. The highest BCUT2D eigenvalue weighted by Gasteiger charge is 2.13. The maximum Gasteiger partial charge on any atom is 0.270 e. The molecule has 0 fully saturated rings. The molecule has 20 heavy (non-hydrogen) atoms. The predicted octanol–water partition coefficient (Wildman–Crippen LogP) is 2.72. The van der Waals surface area contributed by atoms with Crippen LogP contribution in [0.4, 0.5) is 15.8 Å². The summed E-state index contributed by atoms with van der Waals surface area (Å²) >= 11 is 1.20. The Hall–Kier alpha value is -2.60. The van der Waals surface area contributed by atoms with Gasteiger partial charge in [0.15, 0.2) is 10.8 Å². The summed E-state index contributed by atoms with van der Waals surface area (Å²) in [6, 6.07) is 14.0. The number of primary amides is 1. The summed E-state index contributed by atoms with van der Waals surface area (Å²) in [5, 5.41) is 6.28. The van der Waals surface area contributed by atoms with Gasteiger partial charge in [0.1, 0.15) is 5.00 Å². The number of rotatable bonds is 3. The number of fused-ring (bicyclic) bond motifs is 1. The number of hydrogen-bond acceptors (Lipinski definition) is 5. The highest BCUT2D eigenvalue weighted by atomic mass is 32.1. The molecule has 2 aromatic carbocycles. The molecule has 1 heterocycles. The largest absolute Gasteiger partial charge is 0.389 e. The minimum Gasteiger partial charge on any atom is -0.389 e. The van der Waals surface area contributed by atoms with Crippen LogP contribution in [-0.4, -0.2) is 10.9 Å². The van der Waals surface area contributed by atoms with Crippen molar-refractivity contribution in [3.8, 4) is 0 Å². The lowest BCUT2D eigenvalue weighted by Crippen LogP contribution is -2.13. The van der Waals surface area contributed by atoms with Gasteiger partial charge in [-0.2, -0.15) is 0 Å². The molecule has 5 nitrogen and oxygen atoms in total. The van der Waals surface area contributed by atoms with E-state index in [9.17, 15) is 4.79 Å². The molecule has 0 saturated heterocycles. The number of anilines is 3. The molecule has 0 saturated carbocycles. The van der Waals surface area contributed by atoms with Crippen molar-refractivity contribution in [2.45, 2.75) is 0 Å². The molecular weight excluding hydrogens is 272 g/mol. The summed E-state index contributed by atoms with van der Waals surface area (Å²) in [6.07, 6.45) is 0. The number of nitrogens with zero attached hydrogens (tertiary/aromatic N) is 1. The number of carbonyl (C=O) groups excluding carboxylic acids is 1. The topological polar surface area (TPSA) is 94.0 Å². The van der Waals surface area contributed by atoms with Gasteiger partial charge in [0.05, 0.1) is 0 Å². The number of nitrogens with one attached hydrogen (secondary N) is 1. The van der Waals surface area contributed by atoms with Crippen LogP contribution in [0.15, 0.2) is 42.5 Å². The maximum atomic E-state index is 11.1. The third-order valence-electron chi connectivity index (χ3n) is 2.89. The molecule has 0 radical (unpaired) electrons. The lowest BCUT2D eigenvalue weighted by Gasteiger charge is -2.04. The quantitative estimate of drug-likeness (QED) is 0.689. The van der Waals surface area contributed by atoms with Gasteiger partial charge in [-0.1, -0.05) is 41.7 Å². The zero-order valence-electron chi connectivity index (χ0n) is 10.5. The van der Waals surface area contributed by atoms with Crippen LogP contribution in [-0.2, 0) is 0 Å². The second kappa shape index (κ2) is 4.82. The van der Waals surface area contributed by atoms with E-state index in [-0.39, 0.29) is 5.69 Å². The number of aromatic nitrogens is 1. The van der Waals surface area contributed by atoms with E-state index in [1.54, 1.807) is 0 Å². The number of nitrogens with two attached hydrogens (primary N) is 2. The first-order valence-electron chi connectivity index (χ1n) is 5.95. The van der Waals surface area contributed by atoms with Gasteiger partial charge >= 0.3 is 0 Å². The number of thiazole rings is 1. The van der Waals surface area contributed by atoms with Crippen molar-refractivity contribution in [3.05, 3.63) is 48.2 Å². The Morgan fingerprint density at radius 1 is 1.15 bits per heavy atom. The van der Waals surface area contributed by atoms with Gasteiger partial charge in [0.2, 0.25) is 0 Å². The zero-order valence-corrected chi connectivity index (χ0v) is 11.3. The minimum absolute atomic E-state index is 0.110. The average molecular weight is 284 g/mol. The molecule has 5 N–H and O–H groups in total. The Morgan fingerprint density at radius 2 is 1.90 bits per heavy atom. The van der Waals surface area contributed by atoms with Crippen molar-refractivity contribution in [2.75, 3.05) is 11.1 Å². The van der Waals surface area contributed by atoms with Crippen LogP contribution in [0.2, 0.25) is 0 Å². The maximum absolute atomic E-state index is 11.1. The monoisotopic (exact) mass is 284 g/mol. The van der Waals surface area contributed by atoms with Gasteiger partial charge in [-0.15, -0.1) is 0 Å². The lowest BCUT2D eigenvalue weighted by molar-refractivity contribution is 0.0997. The molecule has 0 atom stereocenters. The Bertz CT molecular complexity index is 797. The van der Waals surface area contributed by atoms with E-state index in [0.717, 1.165) is 16.5 Å². The van der Waals surface area contributed by atoms with E-state index in [1.807, 2.05) is 42.5 Å².